The van der Waals surface area contributed by atoms with Crippen LogP contribution in [0.4, 0.5) is 0 Å². The van der Waals surface area contributed by atoms with Crippen LogP contribution >= 0.6 is 10.3 Å². The average Bonchev–Trinajstić information content (AvgIpc) is 3.32. The molecule has 368 valence electrons. The number of benzene rings is 4. The molecule has 5 heteroatoms. The van der Waals surface area contributed by atoms with Crippen LogP contribution in [0.3, 0.4) is 0 Å². The Morgan fingerprint density at radius 3 is 1.00 bits per heavy atom. The van der Waals surface area contributed by atoms with E-state index in [0.717, 1.165) is 100 Å². The number of unbranched alkanes of at least 4 members (excludes halogenated alkanes) is 18. The molecule has 0 heterocycles. The van der Waals surface area contributed by atoms with Crippen LogP contribution in [-0.2, 0) is 52.3 Å². The van der Waals surface area contributed by atoms with Crippen molar-refractivity contribution >= 4 is 20.4 Å². The third kappa shape index (κ3) is 17.3. The molecule has 0 bridgehead atoms. The number of hydrogen-bond acceptors (Lipinski definition) is 3. The highest BCUT2D eigenvalue weighted by atomic mass is 32.3. The Morgan fingerprint density at radius 1 is 0.364 bits per heavy atom. The van der Waals surface area contributed by atoms with E-state index in [2.05, 4.69) is 96.1 Å². The lowest BCUT2D eigenvalue weighted by molar-refractivity contribution is 0.506. The minimum atomic E-state index is -4.29. The summed E-state index contributed by atoms with van der Waals surface area (Å²) in [5.74, 6) is 0. The summed E-state index contributed by atoms with van der Waals surface area (Å²) in [4.78, 5) is 3.62. The van der Waals surface area contributed by atoms with Crippen molar-refractivity contribution in [1.82, 2.24) is 0 Å². The van der Waals surface area contributed by atoms with Gasteiger partial charge in [0.15, 0.2) is 0 Å². The second-order valence-corrected chi connectivity index (χ2v) is 23.9. The fraction of sp³-hybridized carbons (Fsp3) is 0.607. The first-order chi connectivity index (χ1) is 32.2. The molecular weight excluding hydrogens is 845 g/mol. The Balaban J connectivity index is 2.27. The second kappa shape index (κ2) is 31.3. The summed E-state index contributed by atoms with van der Waals surface area (Å²) >= 11 is 0. The molecule has 0 amide bonds. The van der Waals surface area contributed by atoms with Crippen LogP contribution in [0.2, 0.25) is 0 Å². The van der Waals surface area contributed by atoms with Gasteiger partial charge in [-0.25, -0.2) is 3.63 Å². The van der Waals surface area contributed by atoms with Crippen molar-refractivity contribution in [2.45, 2.75) is 261 Å². The van der Waals surface area contributed by atoms with Crippen molar-refractivity contribution in [3.05, 3.63) is 118 Å². The number of rotatable bonds is 36. The molecule has 0 radical (unpaired) electrons. The lowest BCUT2D eigenvalue weighted by atomic mass is 9.94. The summed E-state index contributed by atoms with van der Waals surface area (Å²) < 4.78 is 39.0. The third-order valence-corrected chi connectivity index (χ3v) is 19.1. The van der Waals surface area contributed by atoms with E-state index in [1.807, 2.05) is 19.1 Å². The van der Waals surface area contributed by atoms with E-state index in [0.29, 0.717) is 0 Å². The first-order valence-electron chi connectivity index (χ1n) is 27.4. The van der Waals surface area contributed by atoms with Crippen molar-refractivity contribution in [3.8, 4) is 0 Å². The number of hydrogen-bond donors (Lipinski definition) is 0. The summed E-state index contributed by atoms with van der Waals surface area (Å²) in [6, 6.07) is 28.3. The van der Waals surface area contributed by atoms with Gasteiger partial charge in [0.1, 0.15) is 0 Å². The molecule has 0 aliphatic heterocycles. The topological polar surface area (TPSA) is 43.4 Å². The zero-order valence-electron chi connectivity index (χ0n) is 43.3. The minimum Gasteiger partial charge on any atom is -0.203 e. The highest BCUT2D eigenvalue weighted by Gasteiger charge is 2.44. The summed E-state index contributed by atoms with van der Waals surface area (Å²) in [6.07, 6.45) is 34.1. The smallest absolute Gasteiger partial charge is 0.203 e. The normalized spacial score (nSPS) is 12.3. The highest BCUT2D eigenvalue weighted by molar-refractivity contribution is 8.33. The molecule has 0 spiro atoms. The molecule has 0 saturated carbocycles. The molecule has 3 nitrogen and oxygen atoms in total. The SMILES string of the molecule is CCCCCCc1cc(CCCCCC)c(S(OS(=O)(=O)c2ccc(C)cc2)(c2ccccc2)c2c(CCCCCC)cc(CCCCCC)cc2CCCCCC)c(CCCCCC)c1. The van der Waals surface area contributed by atoms with Gasteiger partial charge in [0, 0.05) is 14.7 Å². The maximum atomic E-state index is 15.7. The summed E-state index contributed by atoms with van der Waals surface area (Å²) in [5.41, 5.74) is 9.14. The van der Waals surface area contributed by atoms with Crippen molar-refractivity contribution in [2.75, 3.05) is 0 Å². The Labute approximate surface area is 408 Å². The van der Waals surface area contributed by atoms with E-state index < -0.39 is 20.4 Å². The van der Waals surface area contributed by atoms with Crippen LogP contribution in [0.5, 0.6) is 0 Å². The molecule has 0 aromatic heterocycles. The minimum absolute atomic E-state index is 0.240. The van der Waals surface area contributed by atoms with Gasteiger partial charge in [-0.3, -0.25) is 0 Å². The molecule has 4 aromatic rings. The summed E-state index contributed by atoms with van der Waals surface area (Å²) in [6.45, 7) is 15.8. The Hall–Kier alpha value is -2.86. The van der Waals surface area contributed by atoms with Gasteiger partial charge in [0.2, 0.25) is 0 Å². The van der Waals surface area contributed by atoms with Crippen LogP contribution in [0.25, 0.3) is 0 Å². The average molecular weight is 940 g/mol. The van der Waals surface area contributed by atoms with Gasteiger partial charge >= 0.3 is 10.1 Å². The molecule has 0 atom stereocenters. The number of aryl methyl sites for hydroxylation is 7. The van der Waals surface area contributed by atoms with E-state index in [1.165, 1.54) is 146 Å². The van der Waals surface area contributed by atoms with Crippen LogP contribution < -0.4 is 0 Å². The van der Waals surface area contributed by atoms with Gasteiger partial charge in [0.05, 0.1) is 4.90 Å². The molecule has 4 rings (SSSR count). The predicted molar refractivity (Wildman–Crippen MR) is 288 cm³/mol. The van der Waals surface area contributed by atoms with E-state index in [-0.39, 0.29) is 4.90 Å². The van der Waals surface area contributed by atoms with E-state index in [4.69, 9.17) is 3.63 Å². The van der Waals surface area contributed by atoms with Crippen molar-refractivity contribution < 1.29 is 12.0 Å². The maximum Gasteiger partial charge on any atom is 0.307 e. The lowest BCUT2D eigenvalue weighted by Crippen LogP contribution is -2.21. The zero-order chi connectivity index (χ0) is 47.5. The van der Waals surface area contributed by atoms with E-state index in [9.17, 15) is 0 Å². The first kappa shape index (κ1) is 55.7. The van der Waals surface area contributed by atoms with Gasteiger partial charge in [-0.05, 0) is 152 Å². The highest BCUT2D eigenvalue weighted by Crippen LogP contribution is 2.74. The fourth-order valence-corrected chi connectivity index (χ4v) is 15.9. The van der Waals surface area contributed by atoms with Gasteiger partial charge in [-0.2, -0.15) is 8.42 Å². The van der Waals surface area contributed by atoms with Crippen molar-refractivity contribution in [2.24, 2.45) is 0 Å². The standard InChI is InChI=1S/C61H94O3S2/c1-8-14-20-27-35-52-47-54(37-29-22-16-10-3)60(55(48-52)38-30-23-17-11-4)65(58-41-33-26-34-42-58,64-66(62,63)59-45-43-51(7)44-46-59)61-56(39-31-24-18-12-5)49-53(36-28-21-15-9-2)50-57(61)40-32-25-19-13-6/h26,33-34,41-50H,8-25,27-32,35-40H2,1-7H3. The van der Waals surface area contributed by atoms with Crippen LogP contribution in [0, 0.1) is 6.92 Å². The van der Waals surface area contributed by atoms with Crippen molar-refractivity contribution in [1.29, 1.82) is 0 Å². The van der Waals surface area contributed by atoms with Crippen LogP contribution in [-0.4, -0.2) is 8.42 Å². The van der Waals surface area contributed by atoms with Gasteiger partial charge < -0.3 is 0 Å². The predicted octanol–water partition coefficient (Wildman–Crippen LogP) is 19.3. The molecule has 0 saturated heterocycles. The molecular formula is C61H94O3S2. The monoisotopic (exact) mass is 939 g/mol. The Morgan fingerprint density at radius 2 is 0.682 bits per heavy atom. The molecule has 4 aromatic carbocycles. The largest absolute Gasteiger partial charge is 0.307 e. The fourth-order valence-electron chi connectivity index (χ4n) is 9.84. The first-order valence-corrected chi connectivity index (χ1v) is 30.4. The van der Waals surface area contributed by atoms with Crippen LogP contribution in [0.15, 0.2) is 98.4 Å². The second-order valence-electron chi connectivity index (χ2n) is 19.6. The summed E-state index contributed by atoms with van der Waals surface area (Å²) in [5, 5.41) is 0. The Bertz CT molecular complexity index is 1880. The molecule has 0 N–H and O–H groups in total. The lowest BCUT2D eigenvalue weighted by Gasteiger charge is -2.44. The maximum absolute atomic E-state index is 15.7. The van der Waals surface area contributed by atoms with E-state index in [1.54, 1.807) is 12.1 Å². The zero-order valence-corrected chi connectivity index (χ0v) is 44.9. The third-order valence-electron chi connectivity index (χ3n) is 13.6. The Kier molecular flexibility index (Phi) is 26.4. The van der Waals surface area contributed by atoms with E-state index >= 15 is 8.42 Å². The summed E-state index contributed by atoms with van der Waals surface area (Å²) in [7, 11) is -7.21. The van der Waals surface area contributed by atoms with Gasteiger partial charge in [-0.1, -0.05) is 217 Å². The molecule has 0 unspecified atom stereocenters. The van der Waals surface area contributed by atoms with Gasteiger partial charge in [0.25, 0.3) is 0 Å². The molecule has 66 heavy (non-hydrogen) atoms. The van der Waals surface area contributed by atoms with Crippen molar-refractivity contribution in [3.63, 3.8) is 0 Å². The molecule has 0 aliphatic carbocycles. The van der Waals surface area contributed by atoms with Gasteiger partial charge in [-0.15, -0.1) is 0 Å². The molecule has 0 aliphatic rings. The molecule has 0 fully saturated rings. The quantitative estimate of drug-likeness (QED) is 0.0427. The van der Waals surface area contributed by atoms with Crippen LogP contribution in [0.1, 0.15) is 235 Å².